The Bertz CT molecular complexity index is 731. The third kappa shape index (κ3) is 4.96. The molecule has 2 aromatic rings. The molecule has 0 radical (unpaired) electrons. The molecule has 6 heteroatoms. The van der Waals surface area contributed by atoms with Crippen LogP contribution in [0.3, 0.4) is 0 Å². The average molecular weight is 368 g/mol. The summed E-state index contributed by atoms with van der Waals surface area (Å²) < 4.78 is 5.16. The first kappa shape index (κ1) is 19.1. The molecule has 1 N–H and O–H groups in total. The van der Waals surface area contributed by atoms with Gasteiger partial charge < -0.3 is 15.0 Å². The van der Waals surface area contributed by atoms with Gasteiger partial charge in [-0.25, -0.2) is 9.97 Å². The molecule has 27 heavy (non-hydrogen) atoms. The lowest BCUT2D eigenvalue weighted by Gasteiger charge is -2.35. The molecule has 1 amide bonds. The molecule has 0 saturated carbocycles. The lowest BCUT2D eigenvalue weighted by molar-refractivity contribution is 0.0607. The highest BCUT2D eigenvalue weighted by atomic mass is 16.5. The van der Waals surface area contributed by atoms with Crippen LogP contribution in [-0.2, 0) is 6.42 Å². The second-order valence-electron chi connectivity index (χ2n) is 6.88. The molecule has 1 aliphatic rings. The van der Waals surface area contributed by atoms with Gasteiger partial charge in [-0.2, -0.15) is 0 Å². The summed E-state index contributed by atoms with van der Waals surface area (Å²) >= 11 is 0. The lowest BCUT2D eigenvalue weighted by atomic mass is 9.99. The van der Waals surface area contributed by atoms with E-state index in [2.05, 4.69) is 22.2 Å². The molecule has 1 saturated heterocycles. The Morgan fingerprint density at radius 1 is 1.22 bits per heavy atom. The molecular weight excluding hydrogens is 340 g/mol. The SMILES string of the molecule is CCC1CCCCN1C(=O)c1cnc(NCCc2ccc(OC)cc2)nc1. The van der Waals surface area contributed by atoms with Crippen LogP contribution < -0.4 is 10.1 Å². The largest absolute Gasteiger partial charge is 0.497 e. The number of nitrogens with one attached hydrogen (secondary N) is 1. The van der Waals surface area contributed by atoms with Gasteiger partial charge in [0.25, 0.3) is 5.91 Å². The first-order chi connectivity index (χ1) is 13.2. The van der Waals surface area contributed by atoms with E-state index in [1.54, 1.807) is 19.5 Å². The van der Waals surface area contributed by atoms with E-state index < -0.39 is 0 Å². The Balaban J connectivity index is 1.52. The molecule has 0 aliphatic carbocycles. The second kappa shape index (κ2) is 9.35. The van der Waals surface area contributed by atoms with Gasteiger partial charge in [-0.15, -0.1) is 0 Å². The maximum atomic E-state index is 12.7. The van der Waals surface area contributed by atoms with Crippen LogP contribution in [0.5, 0.6) is 5.75 Å². The fourth-order valence-corrected chi connectivity index (χ4v) is 3.50. The predicted molar refractivity (Wildman–Crippen MR) is 106 cm³/mol. The summed E-state index contributed by atoms with van der Waals surface area (Å²) in [4.78, 5) is 23.4. The van der Waals surface area contributed by atoms with E-state index in [0.717, 1.165) is 44.5 Å². The minimum Gasteiger partial charge on any atom is -0.497 e. The minimum atomic E-state index is 0.0475. The van der Waals surface area contributed by atoms with E-state index >= 15 is 0 Å². The van der Waals surface area contributed by atoms with Gasteiger partial charge in [-0.1, -0.05) is 19.1 Å². The highest BCUT2D eigenvalue weighted by molar-refractivity contribution is 5.94. The number of anilines is 1. The first-order valence-electron chi connectivity index (χ1n) is 9.71. The maximum absolute atomic E-state index is 12.7. The molecule has 3 rings (SSSR count). The standard InChI is InChI=1S/C21H28N4O2/c1-3-18-6-4-5-13-25(18)20(26)17-14-23-21(24-15-17)22-12-11-16-7-9-19(27-2)10-8-16/h7-10,14-15,18H,3-6,11-13H2,1-2H3,(H,22,23,24). The highest BCUT2D eigenvalue weighted by Gasteiger charge is 2.26. The number of carbonyl (C=O) groups excluding carboxylic acids is 1. The van der Waals surface area contributed by atoms with Gasteiger partial charge in [-0.05, 0) is 49.8 Å². The van der Waals surface area contributed by atoms with Crippen LogP contribution in [-0.4, -0.2) is 47.0 Å². The lowest BCUT2D eigenvalue weighted by Crippen LogP contribution is -2.43. The summed E-state index contributed by atoms with van der Waals surface area (Å²) in [6, 6.07) is 8.35. The van der Waals surface area contributed by atoms with Crippen molar-refractivity contribution in [1.82, 2.24) is 14.9 Å². The van der Waals surface area contributed by atoms with Gasteiger partial charge in [0.15, 0.2) is 0 Å². The molecule has 6 nitrogen and oxygen atoms in total. The molecule has 1 unspecified atom stereocenters. The average Bonchev–Trinajstić information content (AvgIpc) is 2.74. The van der Waals surface area contributed by atoms with Crippen molar-refractivity contribution < 1.29 is 9.53 Å². The Morgan fingerprint density at radius 2 is 1.96 bits per heavy atom. The fourth-order valence-electron chi connectivity index (χ4n) is 3.50. The van der Waals surface area contributed by atoms with Crippen LogP contribution in [0.4, 0.5) is 5.95 Å². The molecule has 1 aliphatic heterocycles. The van der Waals surface area contributed by atoms with E-state index in [-0.39, 0.29) is 5.91 Å². The number of ether oxygens (including phenoxy) is 1. The molecule has 0 spiro atoms. The normalized spacial score (nSPS) is 16.8. The highest BCUT2D eigenvalue weighted by Crippen LogP contribution is 2.21. The van der Waals surface area contributed by atoms with Crippen LogP contribution in [0.2, 0.25) is 0 Å². The smallest absolute Gasteiger partial charge is 0.257 e. The van der Waals surface area contributed by atoms with Crippen LogP contribution in [0.15, 0.2) is 36.7 Å². The zero-order chi connectivity index (χ0) is 19.1. The molecule has 1 aromatic heterocycles. The summed E-state index contributed by atoms with van der Waals surface area (Å²) in [5.74, 6) is 1.45. The third-order valence-corrected chi connectivity index (χ3v) is 5.11. The van der Waals surface area contributed by atoms with Crippen molar-refractivity contribution >= 4 is 11.9 Å². The molecule has 2 heterocycles. The van der Waals surface area contributed by atoms with Crippen molar-refractivity contribution in [3.63, 3.8) is 0 Å². The zero-order valence-corrected chi connectivity index (χ0v) is 16.1. The number of hydrogen-bond acceptors (Lipinski definition) is 5. The van der Waals surface area contributed by atoms with Crippen molar-refractivity contribution in [2.45, 2.75) is 45.1 Å². The molecule has 1 atom stereocenters. The fraction of sp³-hybridized carbons (Fsp3) is 0.476. The number of aromatic nitrogens is 2. The van der Waals surface area contributed by atoms with Gasteiger partial charge >= 0.3 is 0 Å². The summed E-state index contributed by atoms with van der Waals surface area (Å²) in [5, 5.41) is 3.21. The number of benzene rings is 1. The zero-order valence-electron chi connectivity index (χ0n) is 16.1. The van der Waals surface area contributed by atoms with E-state index in [9.17, 15) is 4.79 Å². The minimum absolute atomic E-state index is 0.0475. The van der Waals surface area contributed by atoms with Gasteiger partial charge in [0.2, 0.25) is 5.95 Å². The van der Waals surface area contributed by atoms with Crippen molar-refractivity contribution in [2.75, 3.05) is 25.5 Å². The number of carbonyl (C=O) groups is 1. The second-order valence-corrected chi connectivity index (χ2v) is 6.88. The van der Waals surface area contributed by atoms with E-state index in [0.29, 0.717) is 17.6 Å². The Morgan fingerprint density at radius 3 is 2.63 bits per heavy atom. The van der Waals surface area contributed by atoms with Gasteiger partial charge in [0.05, 0.1) is 12.7 Å². The van der Waals surface area contributed by atoms with Crippen molar-refractivity contribution in [2.24, 2.45) is 0 Å². The van der Waals surface area contributed by atoms with Gasteiger partial charge in [0, 0.05) is 31.5 Å². The van der Waals surface area contributed by atoms with E-state index in [4.69, 9.17) is 4.74 Å². The Hall–Kier alpha value is -2.63. The van der Waals surface area contributed by atoms with E-state index in [1.807, 2.05) is 29.2 Å². The third-order valence-electron chi connectivity index (χ3n) is 5.11. The summed E-state index contributed by atoms with van der Waals surface area (Å²) in [6.45, 7) is 3.70. The quantitative estimate of drug-likeness (QED) is 0.810. The van der Waals surface area contributed by atoms with Crippen molar-refractivity contribution in [1.29, 1.82) is 0 Å². The number of methoxy groups -OCH3 is 1. The Kier molecular flexibility index (Phi) is 6.63. The molecule has 1 fully saturated rings. The number of nitrogens with zero attached hydrogens (tertiary/aromatic N) is 3. The molecule has 144 valence electrons. The molecule has 0 bridgehead atoms. The van der Waals surface area contributed by atoms with Crippen LogP contribution in [0, 0.1) is 0 Å². The van der Waals surface area contributed by atoms with Gasteiger partial charge in [-0.3, -0.25) is 4.79 Å². The number of rotatable bonds is 7. The summed E-state index contributed by atoms with van der Waals surface area (Å²) in [6.07, 6.45) is 8.49. The predicted octanol–water partition coefficient (Wildman–Crippen LogP) is 3.54. The van der Waals surface area contributed by atoms with Crippen LogP contribution >= 0.6 is 0 Å². The molecular formula is C21H28N4O2. The number of hydrogen-bond donors (Lipinski definition) is 1. The van der Waals surface area contributed by atoms with Crippen LogP contribution in [0.25, 0.3) is 0 Å². The topological polar surface area (TPSA) is 67.4 Å². The first-order valence-corrected chi connectivity index (χ1v) is 9.71. The molecule has 1 aromatic carbocycles. The summed E-state index contributed by atoms with van der Waals surface area (Å²) in [7, 11) is 1.66. The Labute approximate surface area is 161 Å². The maximum Gasteiger partial charge on any atom is 0.257 e. The number of piperidine rings is 1. The van der Waals surface area contributed by atoms with Crippen molar-refractivity contribution in [3.05, 3.63) is 47.8 Å². The summed E-state index contributed by atoms with van der Waals surface area (Å²) in [5.41, 5.74) is 1.78. The van der Waals surface area contributed by atoms with Crippen molar-refractivity contribution in [3.8, 4) is 5.75 Å². The monoisotopic (exact) mass is 368 g/mol. The number of likely N-dealkylation sites (tertiary alicyclic amines) is 1. The number of amides is 1. The van der Waals surface area contributed by atoms with Crippen LogP contribution in [0.1, 0.15) is 48.5 Å². The van der Waals surface area contributed by atoms with Gasteiger partial charge in [0.1, 0.15) is 5.75 Å². The van der Waals surface area contributed by atoms with E-state index in [1.165, 1.54) is 12.0 Å².